The van der Waals surface area contributed by atoms with Gasteiger partial charge < -0.3 is 4.98 Å². The Labute approximate surface area is 55.3 Å². The van der Waals surface area contributed by atoms with Crippen LogP contribution in [-0.2, 0) is 0 Å². The first kappa shape index (κ1) is 5.23. The quantitative estimate of drug-likeness (QED) is 0.496. The number of hydrogen-bond donors (Lipinski definition) is 1. The summed E-state index contributed by atoms with van der Waals surface area (Å²) in [6.07, 6.45) is 0. The summed E-state index contributed by atoms with van der Waals surface area (Å²) < 4.78 is 0. The molecule has 2 bridgehead atoms. The van der Waals surface area contributed by atoms with E-state index in [1.165, 1.54) is 16.5 Å². The number of aryl methyl sites for hydroxylation is 1. The van der Waals surface area contributed by atoms with Gasteiger partial charge in [-0.2, -0.15) is 0 Å². The predicted octanol–water partition coefficient (Wildman–Crippen LogP) is -0.146. The van der Waals surface area contributed by atoms with Crippen LogP contribution in [0.15, 0.2) is 0 Å². The van der Waals surface area contributed by atoms with E-state index in [2.05, 4.69) is 30.0 Å². The lowest BCUT2D eigenvalue weighted by Crippen LogP contribution is -2.63. The van der Waals surface area contributed by atoms with E-state index < -0.39 is 8.07 Å². The first-order valence-corrected chi connectivity index (χ1v) is 6.20. The third-order valence-electron chi connectivity index (χ3n) is 2.07. The molecule has 0 radical (unpaired) electrons. The Bertz CT molecular complexity index is 262. The summed E-state index contributed by atoms with van der Waals surface area (Å²) in [6, 6.07) is 0. The molecule has 0 aromatic carbocycles. The molecule has 1 N–H and O–H groups in total. The van der Waals surface area contributed by atoms with Gasteiger partial charge in [0.25, 0.3) is 0 Å². The molecule has 2 aliphatic heterocycles. The van der Waals surface area contributed by atoms with Gasteiger partial charge in [0.05, 0.1) is 10.8 Å². The Morgan fingerprint density at radius 1 is 1.44 bits per heavy atom. The van der Waals surface area contributed by atoms with E-state index in [9.17, 15) is 0 Å². The summed E-state index contributed by atoms with van der Waals surface area (Å²) in [6.45, 7) is 6.76. The van der Waals surface area contributed by atoms with Crippen LogP contribution < -0.4 is 10.8 Å². The fourth-order valence-corrected chi connectivity index (χ4v) is 3.77. The molecule has 3 rings (SSSR count). The fraction of sp³-hybridized carbons (Fsp3) is 0.500. The third-order valence-corrected chi connectivity index (χ3v) is 5.16. The van der Waals surface area contributed by atoms with E-state index in [1.807, 2.05) is 0 Å². The Morgan fingerprint density at radius 2 is 2.11 bits per heavy atom. The Balaban J connectivity index is 2.66. The minimum atomic E-state index is -1.09. The zero-order valence-corrected chi connectivity index (χ0v) is 6.95. The maximum atomic E-state index is 4.31. The highest BCUT2D eigenvalue weighted by Gasteiger charge is 2.42. The summed E-state index contributed by atoms with van der Waals surface area (Å²) in [7, 11) is -1.09. The van der Waals surface area contributed by atoms with Gasteiger partial charge >= 0.3 is 0 Å². The van der Waals surface area contributed by atoms with E-state index in [4.69, 9.17) is 0 Å². The van der Waals surface area contributed by atoms with Crippen LogP contribution in [-0.4, -0.2) is 18.0 Å². The molecule has 0 spiro atoms. The lowest BCUT2D eigenvalue weighted by molar-refractivity contribution is 1.30. The van der Waals surface area contributed by atoms with Crippen molar-refractivity contribution in [2.75, 3.05) is 0 Å². The summed E-state index contributed by atoms with van der Waals surface area (Å²) in [4.78, 5) is 7.59. The molecule has 0 fully saturated rings. The smallest absolute Gasteiger partial charge is 0.181 e. The van der Waals surface area contributed by atoms with Crippen LogP contribution in [0.25, 0.3) is 0 Å². The summed E-state index contributed by atoms with van der Waals surface area (Å²) in [5.41, 5.74) is 2.57. The van der Waals surface area contributed by atoms with Crippen molar-refractivity contribution < 1.29 is 0 Å². The van der Waals surface area contributed by atoms with Gasteiger partial charge in [-0.25, -0.2) is 4.98 Å². The standard InChI is InChI=1S/C6H10N2Si/c1-4-5-8-6(7-4)9(5,2)3/h1-3H3,(H,7,8). The molecular formula is C6H10N2Si. The molecule has 2 nitrogen and oxygen atoms in total. The van der Waals surface area contributed by atoms with Crippen LogP contribution in [0.4, 0.5) is 0 Å². The Hall–Kier alpha value is -0.573. The average Bonchev–Trinajstić information content (AvgIpc) is 2.20. The van der Waals surface area contributed by atoms with Gasteiger partial charge in [-0.05, 0) is 6.92 Å². The minimum absolute atomic E-state index is 1.09. The third kappa shape index (κ3) is 0.399. The molecule has 3 heterocycles. The summed E-state index contributed by atoms with van der Waals surface area (Å²) in [5, 5.41) is 1.37. The number of hydrogen-bond acceptors (Lipinski definition) is 1. The highest BCUT2D eigenvalue weighted by Crippen LogP contribution is 2.09. The number of nitrogens with one attached hydrogen (secondary N) is 1. The first-order chi connectivity index (χ1) is 4.12. The monoisotopic (exact) mass is 138 g/mol. The van der Waals surface area contributed by atoms with Crippen LogP contribution in [0.2, 0.25) is 13.1 Å². The maximum Gasteiger partial charge on any atom is 0.181 e. The highest BCUT2D eigenvalue weighted by molar-refractivity contribution is 7.02. The molecular weight excluding hydrogens is 128 g/mol. The number of fused-ring (bicyclic) bond motifs is 1. The van der Waals surface area contributed by atoms with Gasteiger partial charge in [-0.15, -0.1) is 0 Å². The van der Waals surface area contributed by atoms with Gasteiger partial charge in [-0.1, -0.05) is 13.1 Å². The van der Waals surface area contributed by atoms with Crippen molar-refractivity contribution in [1.82, 2.24) is 9.97 Å². The van der Waals surface area contributed by atoms with E-state index in [-0.39, 0.29) is 0 Å². The molecule has 0 atom stereocenters. The number of aromatic amines is 1. The normalized spacial score (nSPS) is 19.4. The van der Waals surface area contributed by atoms with Crippen molar-refractivity contribution in [3.63, 3.8) is 0 Å². The molecule has 1 aromatic rings. The fourth-order valence-electron chi connectivity index (χ4n) is 1.42. The van der Waals surface area contributed by atoms with Crippen LogP contribution in [0.1, 0.15) is 5.69 Å². The lowest BCUT2D eigenvalue weighted by Gasteiger charge is -2.22. The first-order valence-electron chi connectivity index (χ1n) is 3.20. The topological polar surface area (TPSA) is 28.7 Å². The molecule has 0 saturated carbocycles. The molecule has 1 aromatic heterocycles. The number of nitrogens with zero attached hydrogens (tertiary/aromatic N) is 1. The van der Waals surface area contributed by atoms with E-state index in [0.29, 0.717) is 0 Å². The SMILES string of the molecule is Cc1[nH]c2nc1[Si]2(C)C. The molecule has 48 valence electrons. The van der Waals surface area contributed by atoms with Gasteiger partial charge in [-0.3, -0.25) is 0 Å². The van der Waals surface area contributed by atoms with Crippen LogP contribution in [0.3, 0.4) is 0 Å². The Morgan fingerprint density at radius 3 is 2.22 bits per heavy atom. The number of H-pyrrole nitrogens is 1. The molecule has 3 heteroatoms. The second-order valence-electron chi connectivity index (χ2n) is 3.18. The van der Waals surface area contributed by atoms with Crippen molar-refractivity contribution >= 4 is 18.8 Å². The van der Waals surface area contributed by atoms with Gasteiger partial charge in [0, 0.05) is 5.69 Å². The van der Waals surface area contributed by atoms with Crippen molar-refractivity contribution in [1.29, 1.82) is 0 Å². The number of rotatable bonds is 0. The second kappa shape index (κ2) is 1.14. The van der Waals surface area contributed by atoms with E-state index in [1.54, 1.807) is 0 Å². The maximum absolute atomic E-state index is 4.31. The Kier molecular flexibility index (Phi) is 0.661. The van der Waals surface area contributed by atoms with E-state index >= 15 is 0 Å². The lowest BCUT2D eigenvalue weighted by atomic mass is 10.6. The zero-order chi connectivity index (χ0) is 6.65. The highest BCUT2D eigenvalue weighted by atomic mass is 28.3. The van der Waals surface area contributed by atoms with Crippen LogP contribution in [0, 0.1) is 6.92 Å². The van der Waals surface area contributed by atoms with Crippen molar-refractivity contribution in [3.05, 3.63) is 5.69 Å². The molecule has 0 aliphatic carbocycles. The van der Waals surface area contributed by atoms with Crippen molar-refractivity contribution in [2.24, 2.45) is 0 Å². The molecule has 0 unspecified atom stereocenters. The number of aromatic nitrogens is 2. The molecule has 9 heavy (non-hydrogen) atoms. The minimum Gasteiger partial charge on any atom is -0.350 e. The summed E-state index contributed by atoms with van der Waals surface area (Å²) >= 11 is 0. The predicted molar refractivity (Wildman–Crippen MR) is 40.1 cm³/mol. The van der Waals surface area contributed by atoms with Crippen LogP contribution in [0.5, 0.6) is 0 Å². The summed E-state index contributed by atoms with van der Waals surface area (Å²) in [5.74, 6) is 0. The van der Waals surface area contributed by atoms with Gasteiger partial charge in [0.2, 0.25) is 0 Å². The van der Waals surface area contributed by atoms with Gasteiger partial charge in [0.1, 0.15) is 0 Å². The van der Waals surface area contributed by atoms with Crippen molar-refractivity contribution in [3.8, 4) is 0 Å². The van der Waals surface area contributed by atoms with Crippen LogP contribution >= 0.6 is 0 Å². The second-order valence-corrected chi connectivity index (χ2v) is 7.38. The molecule has 0 amide bonds. The van der Waals surface area contributed by atoms with Gasteiger partial charge in [0.15, 0.2) is 8.07 Å². The molecule has 2 aliphatic rings. The van der Waals surface area contributed by atoms with E-state index in [0.717, 1.165) is 0 Å². The largest absolute Gasteiger partial charge is 0.350 e. The molecule has 0 saturated heterocycles. The zero-order valence-electron chi connectivity index (χ0n) is 5.95. The number of imidazole rings is 1. The van der Waals surface area contributed by atoms with Crippen molar-refractivity contribution in [2.45, 2.75) is 20.0 Å². The average molecular weight is 138 g/mol.